The zero-order chi connectivity index (χ0) is 14.5. The molecular formula is C13H21N5OS. The molecule has 2 heterocycles. The second-order valence-corrected chi connectivity index (χ2v) is 5.54. The first kappa shape index (κ1) is 15.1. The molecule has 1 atom stereocenters. The summed E-state index contributed by atoms with van der Waals surface area (Å²) >= 11 is 1.52. The van der Waals surface area contributed by atoms with Crippen LogP contribution in [0.4, 0.5) is 0 Å². The van der Waals surface area contributed by atoms with E-state index in [2.05, 4.69) is 33.9 Å². The molecule has 0 aliphatic rings. The number of thiazole rings is 1. The average Bonchev–Trinajstić information content (AvgIpc) is 3.08. The van der Waals surface area contributed by atoms with Gasteiger partial charge in [0.15, 0.2) is 5.82 Å². The minimum absolute atomic E-state index is 0.0705. The van der Waals surface area contributed by atoms with Gasteiger partial charge in [-0.1, -0.05) is 19.0 Å². The topological polar surface area (TPSA) is 81.1 Å². The van der Waals surface area contributed by atoms with Gasteiger partial charge in [0.05, 0.1) is 6.04 Å². The maximum Gasteiger partial charge on any atom is 0.277 e. The summed E-state index contributed by atoms with van der Waals surface area (Å²) in [6.07, 6.45) is 0.787. The van der Waals surface area contributed by atoms with Crippen molar-refractivity contribution in [2.45, 2.75) is 33.2 Å². The molecule has 0 aliphatic carbocycles. The number of hydrogen-bond acceptors (Lipinski definition) is 7. The summed E-state index contributed by atoms with van der Waals surface area (Å²) in [6, 6.07) is -0.0705. The molecule has 2 aromatic heterocycles. The highest BCUT2D eigenvalue weighted by molar-refractivity contribution is 7.10. The number of likely N-dealkylation sites (N-methyl/N-ethyl adjacent to an activating group) is 1. The van der Waals surface area contributed by atoms with E-state index in [4.69, 9.17) is 10.3 Å². The van der Waals surface area contributed by atoms with Crippen molar-refractivity contribution in [1.29, 1.82) is 0 Å². The van der Waals surface area contributed by atoms with Crippen molar-refractivity contribution >= 4 is 11.3 Å². The van der Waals surface area contributed by atoms with Crippen LogP contribution in [0.25, 0.3) is 11.6 Å². The molecule has 0 radical (unpaired) electrons. The van der Waals surface area contributed by atoms with Gasteiger partial charge in [-0.3, -0.25) is 0 Å². The molecule has 0 saturated heterocycles. The number of aromatic nitrogens is 3. The third kappa shape index (κ3) is 3.62. The molecule has 0 spiro atoms. The monoisotopic (exact) mass is 295 g/mol. The van der Waals surface area contributed by atoms with Crippen LogP contribution in [0.5, 0.6) is 0 Å². The van der Waals surface area contributed by atoms with Gasteiger partial charge in [0, 0.05) is 18.3 Å². The van der Waals surface area contributed by atoms with Gasteiger partial charge in [-0.2, -0.15) is 4.98 Å². The Morgan fingerprint density at radius 2 is 2.10 bits per heavy atom. The zero-order valence-electron chi connectivity index (χ0n) is 12.2. The molecular weight excluding hydrogens is 274 g/mol. The van der Waals surface area contributed by atoms with E-state index in [1.165, 1.54) is 11.3 Å². The molecule has 20 heavy (non-hydrogen) atoms. The Kier molecular flexibility index (Phi) is 5.22. The van der Waals surface area contributed by atoms with Crippen LogP contribution in [0.2, 0.25) is 0 Å². The number of hydrogen-bond donors (Lipinski definition) is 1. The van der Waals surface area contributed by atoms with Crippen molar-refractivity contribution in [2.75, 3.05) is 19.6 Å². The fourth-order valence-electron chi connectivity index (χ4n) is 1.85. The Morgan fingerprint density at radius 3 is 2.70 bits per heavy atom. The summed E-state index contributed by atoms with van der Waals surface area (Å²) in [5.74, 6) is 1.20. The normalized spacial score (nSPS) is 13.1. The van der Waals surface area contributed by atoms with Gasteiger partial charge in [-0.25, -0.2) is 4.98 Å². The second kappa shape index (κ2) is 6.92. The van der Waals surface area contributed by atoms with E-state index in [0.717, 1.165) is 36.9 Å². The van der Waals surface area contributed by atoms with Crippen LogP contribution < -0.4 is 5.73 Å². The number of rotatable bonds is 7. The highest BCUT2D eigenvalue weighted by atomic mass is 32.1. The number of nitrogens with zero attached hydrogens (tertiary/aromatic N) is 4. The quantitative estimate of drug-likeness (QED) is 0.842. The molecule has 0 bridgehead atoms. The van der Waals surface area contributed by atoms with Crippen LogP contribution in [0.1, 0.15) is 37.6 Å². The standard InChI is InChI=1S/C13H21N5OS/c1-4-18(5-2)7-6-11-16-12(19-17-11)10-8-20-13(15-10)9(3)14/h8-9H,4-7,14H2,1-3H3. The van der Waals surface area contributed by atoms with Crippen molar-refractivity contribution in [3.63, 3.8) is 0 Å². The molecule has 1 unspecified atom stereocenters. The van der Waals surface area contributed by atoms with Crippen LogP contribution in [-0.2, 0) is 6.42 Å². The Balaban J connectivity index is 2.01. The lowest BCUT2D eigenvalue weighted by Crippen LogP contribution is -2.25. The SMILES string of the molecule is CCN(CC)CCc1noc(-c2csc(C(C)N)n2)n1. The predicted octanol–water partition coefficient (Wildman–Crippen LogP) is 2.10. The summed E-state index contributed by atoms with van der Waals surface area (Å²) < 4.78 is 5.27. The lowest BCUT2D eigenvalue weighted by molar-refractivity contribution is 0.303. The Morgan fingerprint density at radius 1 is 1.35 bits per heavy atom. The predicted molar refractivity (Wildman–Crippen MR) is 79.5 cm³/mol. The van der Waals surface area contributed by atoms with Crippen molar-refractivity contribution in [3.8, 4) is 11.6 Å². The molecule has 0 fully saturated rings. The molecule has 0 aromatic carbocycles. The number of nitrogens with two attached hydrogens (primary N) is 1. The van der Waals surface area contributed by atoms with Crippen molar-refractivity contribution in [2.24, 2.45) is 5.73 Å². The zero-order valence-corrected chi connectivity index (χ0v) is 13.0. The highest BCUT2D eigenvalue weighted by Gasteiger charge is 2.14. The summed E-state index contributed by atoms with van der Waals surface area (Å²) in [5.41, 5.74) is 6.51. The second-order valence-electron chi connectivity index (χ2n) is 4.65. The maximum atomic E-state index is 5.80. The minimum Gasteiger partial charge on any atom is -0.332 e. The Labute approximate surface area is 123 Å². The third-order valence-electron chi connectivity index (χ3n) is 3.14. The van der Waals surface area contributed by atoms with E-state index in [-0.39, 0.29) is 6.04 Å². The van der Waals surface area contributed by atoms with Crippen LogP contribution in [0.15, 0.2) is 9.90 Å². The molecule has 0 aliphatic heterocycles. The van der Waals surface area contributed by atoms with Crippen LogP contribution in [-0.4, -0.2) is 39.7 Å². The van der Waals surface area contributed by atoms with Gasteiger partial charge in [0.25, 0.3) is 5.89 Å². The lowest BCUT2D eigenvalue weighted by atomic mass is 10.3. The summed E-state index contributed by atoms with van der Waals surface area (Å²) in [7, 11) is 0. The molecule has 0 amide bonds. The molecule has 2 aromatic rings. The van der Waals surface area contributed by atoms with E-state index in [1.54, 1.807) is 0 Å². The third-order valence-corrected chi connectivity index (χ3v) is 4.19. The largest absolute Gasteiger partial charge is 0.332 e. The van der Waals surface area contributed by atoms with Crippen LogP contribution in [0, 0.1) is 0 Å². The van der Waals surface area contributed by atoms with E-state index in [0.29, 0.717) is 11.6 Å². The van der Waals surface area contributed by atoms with E-state index >= 15 is 0 Å². The van der Waals surface area contributed by atoms with Gasteiger partial charge in [-0.15, -0.1) is 11.3 Å². The summed E-state index contributed by atoms with van der Waals surface area (Å²) in [5, 5.41) is 6.79. The van der Waals surface area contributed by atoms with Crippen molar-refractivity contribution in [3.05, 3.63) is 16.2 Å². The molecule has 7 heteroatoms. The fourth-order valence-corrected chi connectivity index (χ4v) is 2.60. The van der Waals surface area contributed by atoms with Crippen LogP contribution >= 0.6 is 11.3 Å². The van der Waals surface area contributed by atoms with Gasteiger partial charge in [-0.05, 0) is 20.0 Å². The van der Waals surface area contributed by atoms with E-state index in [1.807, 2.05) is 12.3 Å². The molecule has 2 N–H and O–H groups in total. The first-order valence-electron chi connectivity index (χ1n) is 6.90. The highest BCUT2D eigenvalue weighted by Crippen LogP contribution is 2.23. The molecule has 6 nitrogen and oxygen atoms in total. The van der Waals surface area contributed by atoms with E-state index < -0.39 is 0 Å². The van der Waals surface area contributed by atoms with Gasteiger partial charge in [0.2, 0.25) is 0 Å². The Bertz CT molecular complexity index is 532. The first-order valence-corrected chi connectivity index (χ1v) is 7.78. The molecule has 0 saturated carbocycles. The van der Waals surface area contributed by atoms with Crippen LogP contribution in [0.3, 0.4) is 0 Å². The lowest BCUT2D eigenvalue weighted by Gasteiger charge is -2.16. The maximum absolute atomic E-state index is 5.80. The first-order chi connectivity index (χ1) is 9.63. The summed E-state index contributed by atoms with van der Waals surface area (Å²) in [6.45, 7) is 9.21. The van der Waals surface area contributed by atoms with Gasteiger partial charge >= 0.3 is 0 Å². The van der Waals surface area contributed by atoms with E-state index in [9.17, 15) is 0 Å². The molecule has 110 valence electrons. The summed E-state index contributed by atoms with van der Waals surface area (Å²) in [4.78, 5) is 11.1. The smallest absolute Gasteiger partial charge is 0.277 e. The minimum atomic E-state index is -0.0705. The Hall–Kier alpha value is -1.31. The molecule has 2 rings (SSSR count). The van der Waals surface area contributed by atoms with Gasteiger partial charge < -0.3 is 15.2 Å². The van der Waals surface area contributed by atoms with Gasteiger partial charge in [0.1, 0.15) is 10.7 Å². The fraction of sp³-hybridized carbons (Fsp3) is 0.615. The van der Waals surface area contributed by atoms with Crippen molar-refractivity contribution < 1.29 is 4.52 Å². The average molecular weight is 295 g/mol. The van der Waals surface area contributed by atoms with Crippen molar-refractivity contribution in [1.82, 2.24) is 20.0 Å².